The van der Waals surface area contributed by atoms with Crippen molar-refractivity contribution in [2.75, 3.05) is 5.73 Å². The number of aliphatic imine (C=N–C) groups is 1. The van der Waals surface area contributed by atoms with Crippen molar-refractivity contribution in [2.24, 2.45) is 4.99 Å². The van der Waals surface area contributed by atoms with Gasteiger partial charge < -0.3 is 5.73 Å². The second kappa shape index (κ2) is 4.10. The van der Waals surface area contributed by atoms with Crippen LogP contribution in [0.15, 0.2) is 17.1 Å². The minimum atomic E-state index is -4.50. The number of nitrogens with two attached hydrogens (primary N) is 1. The van der Waals surface area contributed by atoms with Crippen molar-refractivity contribution in [3.8, 4) is 0 Å². The average Bonchev–Trinajstić information content (AvgIpc) is 2.07. The Morgan fingerprint density at radius 3 is 2.47 bits per heavy atom. The highest BCUT2D eigenvalue weighted by atomic mass is 35.5. The van der Waals surface area contributed by atoms with Gasteiger partial charge in [0.1, 0.15) is 0 Å². The lowest BCUT2D eigenvalue weighted by Gasteiger charge is -2.10. The maximum Gasteiger partial charge on any atom is 0.417 e. The molecule has 2 N–H and O–H groups in total. The van der Waals surface area contributed by atoms with Crippen LogP contribution in [-0.2, 0) is 6.18 Å². The van der Waals surface area contributed by atoms with Crippen LogP contribution in [0.25, 0.3) is 0 Å². The Balaban J connectivity index is 3.36. The molecule has 0 bridgehead atoms. The van der Waals surface area contributed by atoms with Gasteiger partial charge in [0.25, 0.3) is 0 Å². The number of anilines is 1. The van der Waals surface area contributed by atoms with Crippen LogP contribution in [0.4, 0.5) is 24.5 Å². The standard InChI is InChI=1S/C9H8ClF3N2/c1-2-15-8-3-5(9(11,12)13)6(10)4-7(8)14/h2-4H,14H2,1H3. The minimum absolute atomic E-state index is 0.0641. The molecule has 0 aliphatic carbocycles. The molecule has 0 saturated carbocycles. The number of nitrogen functional groups attached to an aromatic ring is 1. The van der Waals surface area contributed by atoms with Crippen LogP contribution in [0.1, 0.15) is 12.5 Å². The summed E-state index contributed by atoms with van der Waals surface area (Å²) in [5, 5.41) is -0.421. The first kappa shape index (κ1) is 11.8. The zero-order chi connectivity index (χ0) is 11.6. The first-order chi connectivity index (χ1) is 6.86. The van der Waals surface area contributed by atoms with E-state index in [0.29, 0.717) is 0 Å². The van der Waals surface area contributed by atoms with Gasteiger partial charge in [-0.25, -0.2) is 0 Å². The molecule has 0 saturated heterocycles. The Labute approximate surface area is 89.6 Å². The number of benzene rings is 1. The summed E-state index contributed by atoms with van der Waals surface area (Å²) < 4.78 is 37.3. The van der Waals surface area contributed by atoms with Gasteiger partial charge in [0.2, 0.25) is 0 Å². The average molecular weight is 237 g/mol. The maximum absolute atomic E-state index is 12.4. The summed E-state index contributed by atoms with van der Waals surface area (Å²) >= 11 is 5.43. The fourth-order valence-electron chi connectivity index (χ4n) is 1.05. The number of rotatable bonds is 1. The molecule has 0 aliphatic heterocycles. The van der Waals surface area contributed by atoms with Gasteiger partial charge in [-0.2, -0.15) is 13.2 Å². The molecule has 1 aromatic carbocycles. The number of nitrogens with zero attached hydrogens (tertiary/aromatic N) is 1. The van der Waals surface area contributed by atoms with E-state index in [1.165, 1.54) is 6.21 Å². The monoisotopic (exact) mass is 236 g/mol. The van der Waals surface area contributed by atoms with E-state index in [4.69, 9.17) is 17.3 Å². The lowest BCUT2D eigenvalue weighted by molar-refractivity contribution is -0.137. The zero-order valence-corrected chi connectivity index (χ0v) is 8.52. The Morgan fingerprint density at radius 1 is 1.40 bits per heavy atom. The Kier molecular flexibility index (Phi) is 3.24. The van der Waals surface area contributed by atoms with Gasteiger partial charge in [-0.3, -0.25) is 4.99 Å². The highest BCUT2D eigenvalue weighted by molar-refractivity contribution is 6.31. The number of halogens is 4. The first-order valence-corrected chi connectivity index (χ1v) is 4.39. The molecular formula is C9H8ClF3N2. The molecule has 0 atom stereocenters. The van der Waals surface area contributed by atoms with Crippen LogP contribution in [-0.4, -0.2) is 6.21 Å². The van der Waals surface area contributed by atoms with Gasteiger partial charge in [0.05, 0.1) is 22.0 Å². The quantitative estimate of drug-likeness (QED) is 0.586. The molecule has 15 heavy (non-hydrogen) atoms. The molecule has 6 heteroatoms. The molecule has 0 spiro atoms. The summed E-state index contributed by atoms with van der Waals surface area (Å²) in [6, 6.07) is 1.88. The van der Waals surface area contributed by atoms with Crippen molar-refractivity contribution in [3.63, 3.8) is 0 Å². The Morgan fingerprint density at radius 2 is 2.00 bits per heavy atom. The summed E-state index contributed by atoms with van der Waals surface area (Å²) in [6.45, 7) is 1.58. The molecule has 0 amide bonds. The van der Waals surface area contributed by atoms with Gasteiger partial charge in [-0.05, 0) is 19.1 Å². The van der Waals surface area contributed by atoms with Crippen LogP contribution >= 0.6 is 11.6 Å². The minimum Gasteiger partial charge on any atom is -0.397 e. The number of hydrogen-bond donors (Lipinski definition) is 1. The lowest BCUT2D eigenvalue weighted by atomic mass is 10.1. The molecule has 0 radical (unpaired) electrons. The van der Waals surface area contributed by atoms with Crippen LogP contribution in [0.3, 0.4) is 0 Å². The van der Waals surface area contributed by atoms with Crippen molar-refractivity contribution in [2.45, 2.75) is 13.1 Å². The Bertz CT molecular complexity index is 399. The van der Waals surface area contributed by atoms with E-state index < -0.39 is 16.8 Å². The van der Waals surface area contributed by atoms with Crippen molar-refractivity contribution < 1.29 is 13.2 Å². The molecule has 2 nitrogen and oxygen atoms in total. The third-order valence-electron chi connectivity index (χ3n) is 1.69. The van der Waals surface area contributed by atoms with Crippen LogP contribution < -0.4 is 5.73 Å². The van der Waals surface area contributed by atoms with Crippen molar-refractivity contribution in [1.82, 2.24) is 0 Å². The fourth-order valence-corrected chi connectivity index (χ4v) is 1.32. The third kappa shape index (κ3) is 2.62. The molecule has 0 fully saturated rings. The second-order valence-corrected chi connectivity index (χ2v) is 3.18. The van der Waals surface area contributed by atoms with E-state index in [9.17, 15) is 13.2 Å². The number of hydrogen-bond acceptors (Lipinski definition) is 2. The molecular weight excluding hydrogens is 229 g/mol. The predicted octanol–water partition coefficient (Wildman–Crippen LogP) is 3.66. The normalized spacial score (nSPS) is 12.3. The van der Waals surface area contributed by atoms with E-state index in [1.807, 2.05) is 0 Å². The molecule has 0 unspecified atom stereocenters. The third-order valence-corrected chi connectivity index (χ3v) is 2.00. The molecule has 0 aliphatic rings. The lowest BCUT2D eigenvalue weighted by Crippen LogP contribution is -2.06. The SMILES string of the molecule is CC=Nc1cc(C(F)(F)F)c(Cl)cc1N. The molecule has 1 aromatic rings. The summed E-state index contributed by atoms with van der Waals surface area (Å²) in [6.07, 6.45) is -3.14. The van der Waals surface area contributed by atoms with E-state index in [0.717, 1.165) is 12.1 Å². The summed E-state index contributed by atoms with van der Waals surface area (Å²) in [5.41, 5.74) is 4.70. The van der Waals surface area contributed by atoms with Crippen LogP contribution in [0.2, 0.25) is 5.02 Å². The van der Waals surface area contributed by atoms with Gasteiger partial charge in [-0.1, -0.05) is 11.6 Å². The topological polar surface area (TPSA) is 38.4 Å². The summed E-state index contributed by atoms with van der Waals surface area (Å²) in [7, 11) is 0. The highest BCUT2D eigenvalue weighted by Gasteiger charge is 2.33. The predicted molar refractivity (Wildman–Crippen MR) is 54.7 cm³/mol. The number of alkyl halides is 3. The van der Waals surface area contributed by atoms with Crippen molar-refractivity contribution in [3.05, 3.63) is 22.7 Å². The summed E-state index contributed by atoms with van der Waals surface area (Å²) in [5.74, 6) is 0. The zero-order valence-electron chi connectivity index (χ0n) is 7.77. The van der Waals surface area contributed by atoms with E-state index in [1.54, 1.807) is 6.92 Å². The molecule has 0 heterocycles. The van der Waals surface area contributed by atoms with Gasteiger partial charge in [-0.15, -0.1) is 0 Å². The van der Waals surface area contributed by atoms with Crippen LogP contribution in [0.5, 0.6) is 0 Å². The maximum atomic E-state index is 12.4. The smallest absolute Gasteiger partial charge is 0.397 e. The second-order valence-electron chi connectivity index (χ2n) is 2.78. The van der Waals surface area contributed by atoms with E-state index in [-0.39, 0.29) is 11.4 Å². The van der Waals surface area contributed by atoms with Gasteiger partial charge in [0, 0.05) is 6.21 Å². The van der Waals surface area contributed by atoms with Crippen LogP contribution in [0, 0.1) is 0 Å². The Hall–Kier alpha value is -1.23. The first-order valence-electron chi connectivity index (χ1n) is 4.01. The molecule has 1 rings (SSSR count). The summed E-state index contributed by atoms with van der Waals surface area (Å²) in [4.78, 5) is 3.71. The van der Waals surface area contributed by atoms with E-state index >= 15 is 0 Å². The molecule has 82 valence electrons. The van der Waals surface area contributed by atoms with Crippen molar-refractivity contribution >= 4 is 29.2 Å². The van der Waals surface area contributed by atoms with Crippen molar-refractivity contribution in [1.29, 1.82) is 0 Å². The van der Waals surface area contributed by atoms with E-state index in [2.05, 4.69) is 4.99 Å². The van der Waals surface area contributed by atoms with Gasteiger partial charge in [0.15, 0.2) is 0 Å². The fraction of sp³-hybridized carbons (Fsp3) is 0.222. The highest BCUT2D eigenvalue weighted by Crippen LogP contribution is 2.39. The van der Waals surface area contributed by atoms with Gasteiger partial charge >= 0.3 is 6.18 Å². The largest absolute Gasteiger partial charge is 0.417 e. The molecule has 0 aromatic heterocycles.